The van der Waals surface area contributed by atoms with Crippen LogP contribution in [0.25, 0.3) is 0 Å². The van der Waals surface area contributed by atoms with Crippen LogP contribution in [-0.2, 0) is 10.2 Å². The second-order valence-electron chi connectivity index (χ2n) is 4.82. The Bertz CT molecular complexity index is 502. The van der Waals surface area contributed by atoms with Crippen LogP contribution in [0.3, 0.4) is 0 Å². The standard InChI is InChI=1S/C13H20N2O3S/c1-14(2)19(16,17)15-10-6-7-12(15)11-18-13-8-4-3-5-9-13/h3-5,8-9,12H,6-7,10-11H2,1-2H3/t12-/m0/s1. The van der Waals surface area contributed by atoms with Gasteiger partial charge in [0.15, 0.2) is 0 Å². The van der Waals surface area contributed by atoms with Crippen molar-refractivity contribution in [3.8, 4) is 5.75 Å². The van der Waals surface area contributed by atoms with Gasteiger partial charge in [0, 0.05) is 20.6 Å². The Kier molecular flexibility index (Phi) is 4.44. The molecule has 0 aromatic heterocycles. The molecule has 0 radical (unpaired) electrons. The van der Waals surface area contributed by atoms with Crippen LogP contribution in [0.15, 0.2) is 30.3 Å². The van der Waals surface area contributed by atoms with Crippen LogP contribution < -0.4 is 4.74 Å². The summed E-state index contributed by atoms with van der Waals surface area (Å²) in [6, 6.07) is 9.40. The molecule has 0 amide bonds. The third kappa shape index (κ3) is 3.26. The molecule has 6 heteroatoms. The Balaban J connectivity index is 2.00. The molecule has 5 nitrogen and oxygen atoms in total. The number of nitrogens with zero attached hydrogens (tertiary/aromatic N) is 2. The molecule has 2 rings (SSSR count). The molecular formula is C13H20N2O3S. The number of para-hydroxylation sites is 1. The van der Waals surface area contributed by atoms with Gasteiger partial charge in [-0.25, -0.2) is 0 Å². The van der Waals surface area contributed by atoms with Crippen molar-refractivity contribution < 1.29 is 13.2 Å². The van der Waals surface area contributed by atoms with Crippen molar-refractivity contribution in [2.24, 2.45) is 0 Å². The predicted octanol–water partition coefficient (Wildman–Crippen LogP) is 1.34. The zero-order valence-electron chi connectivity index (χ0n) is 11.3. The van der Waals surface area contributed by atoms with Crippen molar-refractivity contribution in [1.29, 1.82) is 0 Å². The summed E-state index contributed by atoms with van der Waals surface area (Å²) in [6.45, 7) is 0.973. The molecular weight excluding hydrogens is 264 g/mol. The van der Waals surface area contributed by atoms with Gasteiger partial charge in [-0.15, -0.1) is 0 Å². The molecule has 0 spiro atoms. The van der Waals surface area contributed by atoms with Crippen molar-refractivity contribution in [2.75, 3.05) is 27.2 Å². The smallest absolute Gasteiger partial charge is 0.281 e. The zero-order valence-corrected chi connectivity index (χ0v) is 12.1. The van der Waals surface area contributed by atoms with Crippen molar-refractivity contribution in [2.45, 2.75) is 18.9 Å². The number of ether oxygens (including phenoxy) is 1. The first-order valence-electron chi connectivity index (χ1n) is 6.39. The van der Waals surface area contributed by atoms with Crippen LogP contribution in [0.1, 0.15) is 12.8 Å². The normalized spacial score (nSPS) is 20.9. The first-order valence-corrected chi connectivity index (χ1v) is 7.78. The highest BCUT2D eigenvalue weighted by atomic mass is 32.2. The van der Waals surface area contributed by atoms with Crippen LogP contribution in [0.2, 0.25) is 0 Å². The minimum absolute atomic E-state index is 0.0763. The van der Waals surface area contributed by atoms with Gasteiger partial charge in [-0.2, -0.15) is 17.0 Å². The lowest BCUT2D eigenvalue weighted by atomic mass is 10.2. The van der Waals surface area contributed by atoms with E-state index in [1.807, 2.05) is 30.3 Å². The highest BCUT2D eigenvalue weighted by Gasteiger charge is 2.35. The van der Waals surface area contributed by atoms with E-state index < -0.39 is 10.2 Å². The van der Waals surface area contributed by atoms with Gasteiger partial charge in [-0.3, -0.25) is 0 Å². The summed E-state index contributed by atoms with van der Waals surface area (Å²) in [5.41, 5.74) is 0. The maximum absolute atomic E-state index is 12.2. The topological polar surface area (TPSA) is 49.9 Å². The Morgan fingerprint density at radius 1 is 1.32 bits per heavy atom. The quantitative estimate of drug-likeness (QED) is 0.820. The second-order valence-corrected chi connectivity index (χ2v) is 6.92. The van der Waals surface area contributed by atoms with Gasteiger partial charge in [-0.1, -0.05) is 18.2 Å². The number of rotatable bonds is 5. The molecule has 1 aromatic carbocycles. The van der Waals surface area contributed by atoms with E-state index in [2.05, 4.69) is 0 Å². The molecule has 19 heavy (non-hydrogen) atoms. The summed E-state index contributed by atoms with van der Waals surface area (Å²) in [5, 5.41) is 0. The van der Waals surface area contributed by atoms with E-state index >= 15 is 0 Å². The SMILES string of the molecule is CN(C)S(=O)(=O)N1CCC[C@H]1COc1ccccc1. The van der Waals surface area contributed by atoms with Gasteiger partial charge >= 0.3 is 0 Å². The fraction of sp³-hybridized carbons (Fsp3) is 0.538. The van der Waals surface area contributed by atoms with Gasteiger partial charge in [0.05, 0.1) is 6.04 Å². The maximum atomic E-state index is 12.2. The summed E-state index contributed by atoms with van der Waals surface area (Å²) in [4.78, 5) is 0. The van der Waals surface area contributed by atoms with Crippen LogP contribution in [0, 0.1) is 0 Å². The van der Waals surface area contributed by atoms with Crippen LogP contribution in [0.4, 0.5) is 0 Å². The average Bonchev–Trinajstić information content (AvgIpc) is 2.86. The van der Waals surface area contributed by atoms with Crippen LogP contribution in [0.5, 0.6) is 5.75 Å². The summed E-state index contributed by atoms with van der Waals surface area (Å²) in [7, 11) is -0.227. The van der Waals surface area contributed by atoms with Gasteiger partial charge in [-0.05, 0) is 25.0 Å². The van der Waals surface area contributed by atoms with Crippen LogP contribution >= 0.6 is 0 Å². The molecule has 1 atom stereocenters. The summed E-state index contributed by atoms with van der Waals surface area (Å²) < 4.78 is 32.8. The third-order valence-corrected chi connectivity index (χ3v) is 5.26. The molecule has 0 N–H and O–H groups in total. The molecule has 1 saturated heterocycles. The fourth-order valence-electron chi connectivity index (χ4n) is 2.20. The second kappa shape index (κ2) is 5.90. The zero-order chi connectivity index (χ0) is 13.9. The van der Waals surface area contributed by atoms with E-state index in [0.29, 0.717) is 13.2 Å². The van der Waals surface area contributed by atoms with E-state index in [9.17, 15) is 8.42 Å². The van der Waals surface area contributed by atoms with E-state index in [1.165, 1.54) is 8.61 Å². The van der Waals surface area contributed by atoms with Crippen LogP contribution in [-0.4, -0.2) is 50.3 Å². The van der Waals surface area contributed by atoms with Gasteiger partial charge in [0.2, 0.25) is 0 Å². The summed E-state index contributed by atoms with van der Waals surface area (Å²) in [5.74, 6) is 0.775. The molecule has 0 aliphatic carbocycles. The van der Waals surface area contributed by atoms with E-state index in [4.69, 9.17) is 4.74 Å². The highest BCUT2D eigenvalue weighted by Crippen LogP contribution is 2.23. The molecule has 0 unspecified atom stereocenters. The van der Waals surface area contributed by atoms with Gasteiger partial charge in [0.25, 0.3) is 10.2 Å². The molecule has 0 bridgehead atoms. The van der Waals surface area contributed by atoms with E-state index in [0.717, 1.165) is 18.6 Å². The molecule has 1 aliphatic rings. The Labute approximate surface area is 115 Å². The molecule has 1 fully saturated rings. The van der Waals surface area contributed by atoms with Crippen molar-refractivity contribution in [3.05, 3.63) is 30.3 Å². The lowest BCUT2D eigenvalue weighted by Gasteiger charge is -2.26. The van der Waals surface area contributed by atoms with Crippen molar-refractivity contribution in [1.82, 2.24) is 8.61 Å². The number of hydrogen-bond acceptors (Lipinski definition) is 3. The lowest BCUT2D eigenvalue weighted by Crippen LogP contribution is -2.44. The minimum Gasteiger partial charge on any atom is -0.492 e. The van der Waals surface area contributed by atoms with E-state index in [1.54, 1.807) is 14.1 Å². The van der Waals surface area contributed by atoms with Crippen molar-refractivity contribution in [3.63, 3.8) is 0 Å². The molecule has 1 heterocycles. The fourth-order valence-corrected chi connectivity index (χ4v) is 3.52. The summed E-state index contributed by atoms with van der Waals surface area (Å²) >= 11 is 0. The third-order valence-electron chi connectivity index (χ3n) is 3.27. The number of hydrogen-bond donors (Lipinski definition) is 0. The molecule has 0 saturated carbocycles. The highest BCUT2D eigenvalue weighted by molar-refractivity contribution is 7.86. The molecule has 106 valence electrons. The first kappa shape index (κ1) is 14.3. The first-order chi connectivity index (χ1) is 9.01. The van der Waals surface area contributed by atoms with Gasteiger partial charge < -0.3 is 4.74 Å². The largest absolute Gasteiger partial charge is 0.492 e. The molecule has 1 aliphatic heterocycles. The van der Waals surface area contributed by atoms with E-state index in [-0.39, 0.29) is 6.04 Å². The Morgan fingerprint density at radius 2 is 2.00 bits per heavy atom. The monoisotopic (exact) mass is 284 g/mol. The Hall–Kier alpha value is -1.11. The number of benzene rings is 1. The Morgan fingerprint density at radius 3 is 2.63 bits per heavy atom. The lowest BCUT2D eigenvalue weighted by molar-refractivity contribution is 0.227. The van der Waals surface area contributed by atoms with Gasteiger partial charge in [0.1, 0.15) is 12.4 Å². The predicted molar refractivity (Wildman–Crippen MR) is 74.3 cm³/mol. The maximum Gasteiger partial charge on any atom is 0.281 e. The molecule has 1 aromatic rings. The minimum atomic E-state index is -3.34. The summed E-state index contributed by atoms with van der Waals surface area (Å²) in [6.07, 6.45) is 1.73. The van der Waals surface area contributed by atoms with Crippen molar-refractivity contribution >= 4 is 10.2 Å². The average molecular weight is 284 g/mol.